The second-order valence-corrected chi connectivity index (χ2v) is 4.90. The summed E-state index contributed by atoms with van der Waals surface area (Å²) in [6, 6.07) is 3.54. The van der Waals surface area contributed by atoms with Crippen molar-refractivity contribution in [2.45, 2.75) is 12.8 Å². The molecule has 0 amide bonds. The summed E-state index contributed by atoms with van der Waals surface area (Å²) in [5.41, 5.74) is 8.33. The van der Waals surface area contributed by atoms with Crippen molar-refractivity contribution in [3.63, 3.8) is 0 Å². The average molecular weight is 273 g/mol. The van der Waals surface area contributed by atoms with Crippen molar-refractivity contribution < 1.29 is 9.21 Å². The highest BCUT2D eigenvalue weighted by Crippen LogP contribution is 2.26. The Balaban J connectivity index is 2.46. The maximum Gasteiger partial charge on any atom is 0.194 e. The van der Waals surface area contributed by atoms with E-state index in [1.165, 1.54) is 0 Å². The number of allylic oxidation sites excluding steroid dienone is 3. The minimum Gasteiger partial charge on any atom is -0.463 e. The van der Waals surface area contributed by atoms with Gasteiger partial charge in [-0.15, -0.1) is 0 Å². The highest BCUT2D eigenvalue weighted by Gasteiger charge is 2.29. The number of carbonyl (C=O) groups is 1. The smallest absolute Gasteiger partial charge is 0.194 e. The van der Waals surface area contributed by atoms with Crippen LogP contribution >= 0.6 is 0 Å². The zero-order valence-electron chi connectivity index (χ0n) is 12.0. The Morgan fingerprint density at radius 1 is 1.45 bits per heavy atom. The fraction of sp³-hybridized carbons (Fsp3) is 0.333. The lowest BCUT2D eigenvalue weighted by Gasteiger charge is -2.20. The third-order valence-corrected chi connectivity index (χ3v) is 3.13. The Kier molecular flexibility index (Phi) is 4.08. The first-order chi connectivity index (χ1) is 9.54. The molecule has 0 saturated heterocycles. The largest absolute Gasteiger partial charge is 0.463 e. The van der Waals surface area contributed by atoms with Crippen LogP contribution in [-0.4, -0.2) is 37.5 Å². The van der Waals surface area contributed by atoms with Crippen LogP contribution in [0, 0.1) is 0 Å². The number of nitrogens with zero attached hydrogens (tertiary/aromatic N) is 2. The molecule has 0 spiro atoms. The SMILES string of the molecule is CN=C(C1=C(N)CC/C(=C\N(C)C)C1=O)c1ccco1. The van der Waals surface area contributed by atoms with Crippen LogP contribution in [0.25, 0.3) is 0 Å². The number of carbonyl (C=O) groups excluding carboxylic acids is 1. The summed E-state index contributed by atoms with van der Waals surface area (Å²) < 4.78 is 5.35. The Labute approximate surface area is 118 Å². The summed E-state index contributed by atoms with van der Waals surface area (Å²) in [7, 11) is 5.42. The van der Waals surface area contributed by atoms with Gasteiger partial charge in [0, 0.05) is 38.6 Å². The van der Waals surface area contributed by atoms with E-state index < -0.39 is 0 Å². The summed E-state index contributed by atoms with van der Waals surface area (Å²) in [6.07, 6.45) is 4.70. The molecule has 0 aromatic carbocycles. The summed E-state index contributed by atoms with van der Waals surface area (Å²) in [5.74, 6) is 0.490. The molecule has 1 aromatic rings. The Morgan fingerprint density at radius 2 is 2.20 bits per heavy atom. The second kappa shape index (κ2) is 5.77. The van der Waals surface area contributed by atoms with E-state index in [2.05, 4.69) is 4.99 Å². The molecule has 0 unspecified atom stereocenters. The number of hydrogen-bond donors (Lipinski definition) is 1. The van der Waals surface area contributed by atoms with Gasteiger partial charge in [0.25, 0.3) is 0 Å². The van der Waals surface area contributed by atoms with Crippen LogP contribution in [0.5, 0.6) is 0 Å². The van der Waals surface area contributed by atoms with Crippen molar-refractivity contribution >= 4 is 11.5 Å². The predicted octanol–water partition coefficient (Wildman–Crippen LogP) is 1.72. The molecule has 2 rings (SSSR count). The van der Waals surface area contributed by atoms with Crippen molar-refractivity contribution in [2.24, 2.45) is 10.7 Å². The van der Waals surface area contributed by atoms with Gasteiger partial charge in [-0.1, -0.05) is 0 Å². The minimum atomic E-state index is -0.0700. The second-order valence-electron chi connectivity index (χ2n) is 4.90. The van der Waals surface area contributed by atoms with Crippen molar-refractivity contribution in [3.8, 4) is 0 Å². The van der Waals surface area contributed by atoms with Gasteiger partial charge >= 0.3 is 0 Å². The minimum absolute atomic E-state index is 0.0700. The lowest BCUT2D eigenvalue weighted by atomic mass is 9.87. The van der Waals surface area contributed by atoms with Gasteiger partial charge in [0.05, 0.1) is 11.8 Å². The molecule has 106 valence electrons. The van der Waals surface area contributed by atoms with Crippen LogP contribution in [0.3, 0.4) is 0 Å². The van der Waals surface area contributed by atoms with Crippen molar-refractivity contribution in [3.05, 3.63) is 47.2 Å². The number of aliphatic imine (C=N–C) groups is 1. The van der Waals surface area contributed by atoms with E-state index in [9.17, 15) is 4.79 Å². The van der Waals surface area contributed by atoms with Crippen molar-refractivity contribution in [2.75, 3.05) is 21.1 Å². The summed E-state index contributed by atoms with van der Waals surface area (Å²) >= 11 is 0. The van der Waals surface area contributed by atoms with Gasteiger partial charge in [0.15, 0.2) is 11.5 Å². The van der Waals surface area contributed by atoms with Gasteiger partial charge in [-0.3, -0.25) is 9.79 Å². The fourth-order valence-corrected chi connectivity index (χ4v) is 2.27. The molecule has 0 radical (unpaired) electrons. The number of furan rings is 1. The molecule has 0 bridgehead atoms. The number of Topliss-reactive ketones (excluding diaryl/α,β-unsaturated/α-hetero) is 1. The molecule has 0 saturated carbocycles. The first kappa shape index (κ1) is 14.1. The first-order valence-electron chi connectivity index (χ1n) is 6.46. The van der Waals surface area contributed by atoms with E-state index in [-0.39, 0.29) is 5.78 Å². The van der Waals surface area contributed by atoms with E-state index >= 15 is 0 Å². The third-order valence-electron chi connectivity index (χ3n) is 3.13. The van der Waals surface area contributed by atoms with Crippen molar-refractivity contribution in [1.82, 2.24) is 4.90 Å². The molecule has 0 fully saturated rings. The Hall–Kier alpha value is -2.30. The molecule has 2 N–H and O–H groups in total. The normalized spacial score (nSPS) is 18.9. The summed E-state index contributed by atoms with van der Waals surface area (Å²) in [6.45, 7) is 0. The van der Waals surface area contributed by atoms with Crippen LogP contribution in [0.15, 0.2) is 50.8 Å². The standard InChI is InChI=1S/C15H19N3O2/c1-17-14(12-5-4-8-20-12)13-11(16)7-6-10(15(13)19)9-18(2)3/h4-5,8-9H,6-7,16H2,1-3H3/b10-9+,17-14?. The maximum atomic E-state index is 12.6. The molecule has 5 nitrogen and oxygen atoms in total. The topological polar surface area (TPSA) is 71.8 Å². The van der Waals surface area contributed by atoms with E-state index in [1.807, 2.05) is 25.2 Å². The van der Waals surface area contributed by atoms with Gasteiger partial charge in [-0.25, -0.2) is 0 Å². The number of hydrogen-bond acceptors (Lipinski definition) is 5. The van der Waals surface area contributed by atoms with Gasteiger partial charge in [0.2, 0.25) is 0 Å². The summed E-state index contributed by atoms with van der Waals surface area (Å²) in [4.78, 5) is 18.7. The maximum absolute atomic E-state index is 12.6. The van der Waals surface area contributed by atoms with E-state index in [0.717, 1.165) is 5.57 Å². The Morgan fingerprint density at radius 3 is 2.75 bits per heavy atom. The number of rotatable bonds is 3. The van der Waals surface area contributed by atoms with Crippen LogP contribution in [0.4, 0.5) is 0 Å². The van der Waals surface area contributed by atoms with Crippen LogP contribution in [-0.2, 0) is 4.79 Å². The van der Waals surface area contributed by atoms with Crippen LogP contribution in [0.2, 0.25) is 0 Å². The van der Waals surface area contributed by atoms with E-state index in [4.69, 9.17) is 10.2 Å². The monoisotopic (exact) mass is 273 g/mol. The molecule has 0 atom stereocenters. The van der Waals surface area contributed by atoms with E-state index in [1.54, 1.807) is 25.4 Å². The first-order valence-corrected chi connectivity index (χ1v) is 6.46. The van der Waals surface area contributed by atoms with Gasteiger partial charge in [0.1, 0.15) is 5.71 Å². The molecule has 1 aliphatic carbocycles. The molecular formula is C15H19N3O2. The van der Waals surface area contributed by atoms with Gasteiger partial charge < -0.3 is 15.1 Å². The number of nitrogens with two attached hydrogens (primary N) is 1. The quantitative estimate of drug-likeness (QED) is 0.672. The molecule has 20 heavy (non-hydrogen) atoms. The molecule has 1 aromatic heterocycles. The highest BCUT2D eigenvalue weighted by atomic mass is 16.3. The summed E-state index contributed by atoms with van der Waals surface area (Å²) in [5, 5.41) is 0. The fourth-order valence-electron chi connectivity index (χ4n) is 2.27. The van der Waals surface area contributed by atoms with Gasteiger partial charge in [-0.05, 0) is 25.0 Å². The lowest BCUT2D eigenvalue weighted by molar-refractivity contribution is -0.112. The van der Waals surface area contributed by atoms with Crippen LogP contribution < -0.4 is 5.73 Å². The highest BCUT2D eigenvalue weighted by molar-refractivity contribution is 6.32. The molecule has 1 aliphatic rings. The zero-order chi connectivity index (χ0) is 14.7. The van der Waals surface area contributed by atoms with Crippen molar-refractivity contribution in [1.29, 1.82) is 0 Å². The zero-order valence-corrected chi connectivity index (χ0v) is 12.0. The molecular weight excluding hydrogens is 254 g/mol. The Bertz CT molecular complexity index is 593. The molecule has 1 heterocycles. The predicted molar refractivity (Wildman–Crippen MR) is 78.4 cm³/mol. The third kappa shape index (κ3) is 2.66. The number of ketones is 1. The van der Waals surface area contributed by atoms with Gasteiger partial charge in [-0.2, -0.15) is 0 Å². The average Bonchev–Trinajstić information content (AvgIpc) is 2.91. The lowest BCUT2D eigenvalue weighted by Crippen LogP contribution is -2.26. The van der Waals surface area contributed by atoms with E-state index in [0.29, 0.717) is 35.6 Å². The molecule has 5 heteroatoms. The molecule has 0 aliphatic heterocycles. The van der Waals surface area contributed by atoms with Crippen LogP contribution in [0.1, 0.15) is 18.6 Å².